The summed E-state index contributed by atoms with van der Waals surface area (Å²) in [7, 11) is -1.16. The van der Waals surface area contributed by atoms with Crippen LogP contribution in [0.1, 0.15) is 57.5 Å². The second kappa shape index (κ2) is 7.20. The van der Waals surface area contributed by atoms with Gasteiger partial charge in [-0.15, -0.1) is 10.2 Å². The van der Waals surface area contributed by atoms with Gasteiger partial charge in [-0.1, -0.05) is 13.8 Å². The number of rotatable bonds is 9. The lowest BCUT2D eigenvalue weighted by molar-refractivity contribution is 0.543. The molecule has 7 heteroatoms. The van der Waals surface area contributed by atoms with Crippen molar-refractivity contribution in [1.82, 2.24) is 14.8 Å². The number of anilines is 1. The van der Waals surface area contributed by atoms with Gasteiger partial charge in [0.15, 0.2) is 15.7 Å². The molecule has 1 aliphatic carbocycles. The summed E-state index contributed by atoms with van der Waals surface area (Å²) in [5.74, 6) is 2.70. The van der Waals surface area contributed by atoms with Gasteiger partial charge in [0.25, 0.3) is 0 Å². The van der Waals surface area contributed by atoms with Gasteiger partial charge in [0.2, 0.25) is 5.95 Å². The van der Waals surface area contributed by atoms with Crippen LogP contribution in [0.3, 0.4) is 0 Å². The number of hydrogen-bond acceptors (Lipinski definition) is 5. The molecule has 0 aromatic carbocycles. The summed E-state index contributed by atoms with van der Waals surface area (Å²) < 4.78 is 25.9. The van der Waals surface area contributed by atoms with Crippen molar-refractivity contribution >= 4 is 15.8 Å². The molecule has 0 saturated heterocycles. The first kappa shape index (κ1) is 18.2. The van der Waals surface area contributed by atoms with E-state index in [0.717, 1.165) is 25.5 Å². The third kappa shape index (κ3) is 4.93. The van der Waals surface area contributed by atoms with Crippen molar-refractivity contribution < 1.29 is 8.42 Å². The Bertz CT molecular complexity index is 620. The molecule has 132 valence electrons. The summed E-state index contributed by atoms with van der Waals surface area (Å²) >= 11 is 0. The van der Waals surface area contributed by atoms with Crippen LogP contribution in [0.4, 0.5) is 5.95 Å². The molecule has 0 N–H and O–H groups in total. The highest BCUT2D eigenvalue weighted by Crippen LogP contribution is 2.34. The summed E-state index contributed by atoms with van der Waals surface area (Å²) in [5, 5.41) is 7.90. The minimum absolute atomic E-state index is 0.574. The SMILES string of the molecule is CC(C)CCCN(C)c1nnc(C(C)S(C)(=O)=O)n1CC1CC1. The lowest BCUT2D eigenvalue weighted by Crippen LogP contribution is -2.24. The summed E-state index contributed by atoms with van der Waals surface area (Å²) in [6, 6.07) is 0. The van der Waals surface area contributed by atoms with Crippen LogP contribution >= 0.6 is 0 Å². The van der Waals surface area contributed by atoms with Gasteiger partial charge < -0.3 is 4.90 Å². The maximum Gasteiger partial charge on any atom is 0.227 e. The summed E-state index contributed by atoms with van der Waals surface area (Å²) in [4.78, 5) is 2.11. The van der Waals surface area contributed by atoms with Crippen molar-refractivity contribution in [2.75, 3.05) is 24.7 Å². The zero-order valence-electron chi connectivity index (χ0n) is 15.0. The van der Waals surface area contributed by atoms with E-state index in [4.69, 9.17) is 0 Å². The highest BCUT2D eigenvalue weighted by molar-refractivity contribution is 7.90. The van der Waals surface area contributed by atoms with Crippen molar-refractivity contribution in [3.05, 3.63) is 5.82 Å². The van der Waals surface area contributed by atoms with Crippen molar-refractivity contribution in [2.24, 2.45) is 11.8 Å². The quantitative estimate of drug-likeness (QED) is 0.690. The molecule has 0 radical (unpaired) electrons. The molecule has 1 heterocycles. The van der Waals surface area contributed by atoms with Crippen LogP contribution in [0.15, 0.2) is 0 Å². The predicted molar refractivity (Wildman–Crippen MR) is 93.3 cm³/mol. The zero-order valence-corrected chi connectivity index (χ0v) is 15.8. The summed E-state index contributed by atoms with van der Waals surface area (Å²) in [5.41, 5.74) is 0. The highest BCUT2D eigenvalue weighted by atomic mass is 32.2. The monoisotopic (exact) mass is 342 g/mol. The average molecular weight is 343 g/mol. The fourth-order valence-corrected chi connectivity index (χ4v) is 3.21. The first-order chi connectivity index (χ1) is 10.7. The maximum atomic E-state index is 11.9. The Labute approximate surface area is 140 Å². The smallest absolute Gasteiger partial charge is 0.227 e. The van der Waals surface area contributed by atoms with Gasteiger partial charge in [-0.2, -0.15) is 0 Å². The van der Waals surface area contributed by atoms with E-state index in [1.807, 2.05) is 11.6 Å². The van der Waals surface area contributed by atoms with E-state index in [9.17, 15) is 8.42 Å². The number of hydrogen-bond donors (Lipinski definition) is 0. The van der Waals surface area contributed by atoms with Crippen LogP contribution in [-0.2, 0) is 16.4 Å². The first-order valence-electron chi connectivity index (χ1n) is 8.53. The van der Waals surface area contributed by atoms with Crippen molar-refractivity contribution in [1.29, 1.82) is 0 Å². The zero-order chi connectivity index (χ0) is 17.2. The van der Waals surface area contributed by atoms with Gasteiger partial charge in [-0.3, -0.25) is 4.57 Å². The van der Waals surface area contributed by atoms with Crippen LogP contribution in [-0.4, -0.2) is 43.0 Å². The average Bonchev–Trinajstić information content (AvgIpc) is 3.14. The van der Waals surface area contributed by atoms with E-state index in [1.54, 1.807) is 6.92 Å². The third-order valence-electron chi connectivity index (χ3n) is 4.52. The van der Waals surface area contributed by atoms with Crippen molar-refractivity contribution in [3.63, 3.8) is 0 Å². The molecule has 1 aromatic rings. The fraction of sp³-hybridized carbons (Fsp3) is 0.875. The van der Waals surface area contributed by atoms with Gasteiger partial charge in [0.1, 0.15) is 5.25 Å². The van der Waals surface area contributed by atoms with Crippen LogP contribution in [0, 0.1) is 11.8 Å². The molecular formula is C16H30N4O2S. The van der Waals surface area contributed by atoms with Crippen molar-refractivity contribution in [2.45, 2.75) is 58.2 Å². The summed E-state index contributed by atoms with van der Waals surface area (Å²) in [6.07, 6.45) is 5.96. The highest BCUT2D eigenvalue weighted by Gasteiger charge is 2.30. The van der Waals surface area contributed by atoms with Crippen molar-refractivity contribution in [3.8, 4) is 0 Å². The van der Waals surface area contributed by atoms with E-state index in [1.165, 1.54) is 25.5 Å². The normalized spacial score (nSPS) is 16.8. The Kier molecular flexibility index (Phi) is 5.70. The maximum absolute atomic E-state index is 11.9. The molecule has 1 unspecified atom stereocenters. The standard InChI is InChI=1S/C16H30N4O2S/c1-12(2)7-6-10-19(4)16-18-17-15(13(3)23(5,21)22)20(16)11-14-8-9-14/h12-14H,6-11H2,1-5H3. The van der Waals surface area contributed by atoms with Gasteiger partial charge in [0.05, 0.1) is 0 Å². The number of aromatic nitrogens is 3. The van der Waals surface area contributed by atoms with Gasteiger partial charge in [-0.05, 0) is 44.4 Å². The Balaban J connectivity index is 2.19. The molecule has 1 aromatic heterocycles. The van der Waals surface area contributed by atoms with E-state index >= 15 is 0 Å². The van der Waals surface area contributed by atoms with Crippen LogP contribution in [0.2, 0.25) is 0 Å². The molecule has 1 fully saturated rings. The molecule has 0 aliphatic heterocycles. The van der Waals surface area contributed by atoms with Gasteiger partial charge in [0, 0.05) is 26.4 Å². The Hall–Kier alpha value is -1.11. The molecule has 23 heavy (non-hydrogen) atoms. The summed E-state index contributed by atoms with van der Waals surface area (Å²) in [6.45, 7) is 7.88. The molecule has 0 amide bonds. The van der Waals surface area contributed by atoms with E-state index < -0.39 is 15.1 Å². The number of nitrogens with zero attached hydrogens (tertiary/aromatic N) is 4. The predicted octanol–water partition coefficient (Wildman–Crippen LogP) is 2.67. The Morgan fingerprint density at radius 2 is 1.91 bits per heavy atom. The van der Waals surface area contributed by atoms with Crippen LogP contribution in [0.5, 0.6) is 0 Å². The second-order valence-corrected chi connectivity index (χ2v) is 9.71. The lowest BCUT2D eigenvalue weighted by atomic mass is 10.1. The molecule has 2 rings (SSSR count). The molecule has 1 aliphatic rings. The topological polar surface area (TPSA) is 68.1 Å². The fourth-order valence-electron chi connectivity index (χ4n) is 2.65. The Morgan fingerprint density at radius 1 is 1.26 bits per heavy atom. The van der Waals surface area contributed by atoms with Crippen LogP contribution < -0.4 is 4.90 Å². The molecule has 0 bridgehead atoms. The van der Waals surface area contributed by atoms with Gasteiger partial charge >= 0.3 is 0 Å². The molecule has 1 saturated carbocycles. The van der Waals surface area contributed by atoms with Crippen LogP contribution in [0.25, 0.3) is 0 Å². The first-order valence-corrected chi connectivity index (χ1v) is 10.5. The molecule has 6 nitrogen and oxygen atoms in total. The second-order valence-electron chi connectivity index (χ2n) is 7.34. The minimum Gasteiger partial charge on any atom is -0.344 e. The third-order valence-corrected chi connectivity index (χ3v) is 6.02. The Morgan fingerprint density at radius 3 is 2.43 bits per heavy atom. The van der Waals surface area contributed by atoms with Gasteiger partial charge in [-0.25, -0.2) is 8.42 Å². The minimum atomic E-state index is -3.18. The van der Waals surface area contributed by atoms with E-state index in [-0.39, 0.29) is 0 Å². The van der Waals surface area contributed by atoms with E-state index in [2.05, 4.69) is 28.9 Å². The molecular weight excluding hydrogens is 312 g/mol. The van der Waals surface area contributed by atoms with E-state index in [0.29, 0.717) is 17.7 Å². The lowest BCUT2D eigenvalue weighted by Gasteiger charge is -2.21. The largest absolute Gasteiger partial charge is 0.344 e. The molecule has 1 atom stereocenters. The molecule has 0 spiro atoms. The number of sulfone groups is 1.